The van der Waals surface area contributed by atoms with Gasteiger partial charge in [-0.15, -0.1) is 0 Å². The largest absolute Gasteiger partial charge is 0.455 e. The standard InChI is InChI=1S/C47H46N2OSi/c1-29(2)40-26-35(33-20-23-36(24-21-33)51(6,7)8)27-41(30(3)4)45(40)49-44-31(5)14-12-19-42(44)48-47(49)39-18-13-17-38-37-25-22-34(28-43(37)50-46(38)39)32-15-10-9-11-16-32/h9-30H,1-8H3. The van der Waals surface area contributed by atoms with E-state index in [1.165, 1.54) is 44.3 Å². The second kappa shape index (κ2) is 12.5. The topological polar surface area (TPSA) is 31.0 Å². The van der Waals surface area contributed by atoms with E-state index >= 15 is 0 Å². The van der Waals surface area contributed by atoms with Crippen LogP contribution in [0.4, 0.5) is 0 Å². The number of imidazole rings is 1. The van der Waals surface area contributed by atoms with Crippen LogP contribution in [0.5, 0.6) is 0 Å². The van der Waals surface area contributed by atoms with Gasteiger partial charge in [-0.3, -0.25) is 4.57 Å². The summed E-state index contributed by atoms with van der Waals surface area (Å²) < 4.78 is 9.28. The summed E-state index contributed by atoms with van der Waals surface area (Å²) in [5, 5.41) is 3.69. The van der Waals surface area contributed by atoms with Crippen molar-refractivity contribution in [1.29, 1.82) is 0 Å². The Hall–Kier alpha value is -5.19. The highest BCUT2D eigenvalue weighted by Gasteiger charge is 2.26. The van der Waals surface area contributed by atoms with Gasteiger partial charge in [-0.1, -0.05) is 137 Å². The first kappa shape index (κ1) is 33.0. The fraction of sp³-hybridized carbons (Fsp3) is 0.213. The lowest BCUT2D eigenvalue weighted by Crippen LogP contribution is -2.37. The summed E-state index contributed by atoms with van der Waals surface area (Å²) in [5.74, 6) is 1.47. The van der Waals surface area contributed by atoms with Crippen LogP contribution in [0, 0.1) is 6.92 Å². The van der Waals surface area contributed by atoms with Gasteiger partial charge in [0.25, 0.3) is 0 Å². The molecule has 0 atom stereocenters. The van der Waals surface area contributed by atoms with Crippen molar-refractivity contribution in [2.75, 3.05) is 0 Å². The molecule has 6 aromatic carbocycles. The number of benzene rings is 6. The Kier molecular flexibility index (Phi) is 8.11. The number of hydrogen-bond acceptors (Lipinski definition) is 2. The predicted octanol–water partition coefficient (Wildman–Crippen LogP) is 13.0. The number of furan rings is 1. The number of hydrogen-bond donors (Lipinski definition) is 0. The zero-order valence-electron chi connectivity index (χ0n) is 31.0. The first-order chi connectivity index (χ1) is 24.5. The number of rotatable bonds is 7. The molecule has 2 heterocycles. The van der Waals surface area contributed by atoms with Crippen molar-refractivity contribution in [3.63, 3.8) is 0 Å². The van der Waals surface area contributed by atoms with E-state index in [-0.39, 0.29) is 11.8 Å². The Balaban J connectivity index is 1.40. The lowest BCUT2D eigenvalue weighted by atomic mass is 9.88. The van der Waals surface area contributed by atoms with Crippen molar-refractivity contribution < 1.29 is 4.42 Å². The minimum Gasteiger partial charge on any atom is -0.455 e. The monoisotopic (exact) mass is 682 g/mol. The molecule has 8 aromatic rings. The van der Waals surface area contributed by atoms with Crippen LogP contribution >= 0.6 is 0 Å². The van der Waals surface area contributed by atoms with Gasteiger partial charge >= 0.3 is 0 Å². The van der Waals surface area contributed by atoms with Crippen molar-refractivity contribution >= 4 is 46.2 Å². The molecule has 0 amide bonds. The third kappa shape index (κ3) is 5.72. The van der Waals surface area contributed by atoms with Crippen molar-refractivity contribution in [3.8, 4) is 39.3 Å². The van der Waals surface area contributed by atoms with Crippen molar-refractivity contribution in [3.05, 3.63) is 138 Å². The zero-order chi connectivity index (χ0) is 35.6. The minimum atomic E-state index is -1.40. The van der Waals surface area contributed by atoms with Crippen LogP contribution in [0.15, 0.2) is 126 Å². The van der Waals surface area contributed by atoms with Gasteiger partial charge in [-0.25, -0.2) is 4.98 Å². The van der Waals surface area contributed by atoms with Gasteiger partial charge < -0.3 is 4.42 Å². The Morgan fingerprint density at radius 3 is 1.92 bits per heavy atom. The first-order valence-corrected chi connectivity index (χ1v) is 21.8. The molecule has 51 heavy (non-hydrogen) atoms. The van der Waals surface area contributed by atoms with E-state index in [1.807, 2.05) is 0 Å². The van der Waals surface area contributed by atoms with Crippen molar-refractivity contribution in [1.82, 2.24) is 9.55 Å². The van der Waals surface area contributed by atoms with Gasteiger partial charge in [0.05, 0.1) is 30.4 Å². The number of fused-ring (bicyclic) bond motifs is 4. The molecule has 0 saturated heterocycles. The molecule has 0 saturated carbocycles. The van der Waals surface area contributed by atoms with E-state index in [1.54, 1.807) is 0 Å². The summed E-state index contributed by atoms with van der Waals surface area (Å²) in [6.07, 6.45) is 0. The molecule has 0 aliphatic heterocycles. The molecule has 0 fully saturated rings. The smallest absolute Gasteiger partial charge is 0.149 e. The van der Waals surface area contributed by atoms with Crippen LogP contribution in [0.3, 0.4) is 0 Å². The van der Waals surface area contributed by atoms with Crippen LogP contribution in [0.1, 0.15) is 56.2 Å². The first-order valence-electron chi connectivity index (χ1n) is 18.3. The van der Waals surface area contributed by atoms with Crippen LogP contribution in [-0.2, 0) is 0 Å². The Labute approximate surface area is 302 Å². The summed E-state index contributed by atoms with van der Waals surface area (Å²) in [7, 11) is -1.40. The third-order valence-electron chi connectivity index (χ3n) is 10.4. The van der Waals surface area contributed by atoms with E-state index in [0.29, 0.717) is 0 Å². The summed E-state index contributed by atoms with van der Waals surface area (Å²) in [6, 6.07) is 44.2. The maximum atomic E-state index is 6.83. The summed E-state index contributed by atoms with van der Waals surface area (Å²) >= 11 is 0. The minimum absolute atomic E-state index is 0.284. The average molecular weight is 683 g/mol. The van der Waals surface area contributed by atoms with E-state index in [0.717, 1.165) is 49.9 Å². The SMILES string of the molecule is Cc1cccc2nc(-c3cccc4c3oc3cc(-c5ccccc5)ccc34)n(-c3c(C(C)C)cc(-c4ccc([Si](C)(C)C)cc4)cc3C(C)C)c12. The fourth-order valence-corrected chi connectivity index (χ4v) is 8.79. The molecule has 3 nitrogen and oxygen atoms in total. The van der Waals surface area contributed by atoms with E-state index in [2.05, 4.69) is 180 Å². The predicted molar refractivity (Wildman–Crippen MR) is 221 cm³/mol. The van der Waals surface area contributed by atoms with Gasteiger partial charge in [0.15, 0.2) is 0 Å². The number of para-hydroxylation sites is 2. The highest BCUT2D eigenvalue weighted by molar-refractivity contribution is 6.88. The molecule has 254 valence electrons. The fourth-order valence-electron chi connectivity index (χ4n) is 7.63. The molecular weight excluding hydrogens is 637 g/mol. The molecule has 2 aromatic heterocycles. The molecule has 8 rings (SSSR count). The van der Waals surface area contributed by atoms with Crippen molar-refractivity contribution in [2.24, 2.45) is 0 Å². The van der Waals surface area contributed by atoms with Gasteiger partial charge in [-0.05, 0) is 94.1 Å². The quantitative estimate of drug-likeness (QED) is 0.157. The summed E-state index contributed by atoms with van der Waals surface area (Å²) in [4.78, 5) is 5.43. The molecule has 4 heteroatoms. The molecule has 0 bridgehead atoms. The number of aromatic nitrogens is 2. The molecule has 0 aliphatic carbocycles. The molecule has 0 radical (unpaired) electrons. The lowest BCUT2D eigenvalue weighted by molar-refractivity contribution is 0.669. The molecule has 0 spiro atoms. The number of aryl methyl sites for hydroxylation is 1. The van der Waals surface area contributed by atoms with Crippen LogP contribution in [0.25, 0.3) is 72.3 Å². The summed E-state index contributed by atoms with van der Waals surface area (Å²) in [5.41, 5.74) is 14.8. The van der Waals surface area contributed by atoms with Crippen LogP contribution in [-0.4, -0.2) is 17.6 Å². The van der Waals surface area contributed by atoms with Crippen LogP contribution in [0.2, 0.25) is 19.6 Å². The molecule has 0 N–H and O–H groups in total. The second-order valence-electron chi connectivity index (χ2n) is 15.7. The van der Waals surface area contributed by atoms with Crippen LogP contribution < -0.4 is 5.19 Å². The van der Waals surface area contributed by atoms with Gasteiger partial charge in [0.2, 0.25) is 0 Å². The second-order valence-corrected chi connectivity index (χ2v) is 20.8. The highest BCUT2D eigenvalue weighted by atomic mass is 28.3. The maximum Gasteiger partial charge on any atom is 0.149 e. The summed E-state index contributed by atoms with van der Waals surface area (Å²) in [6.45, 7) is 18.7. The van der Waals surface area contributed by atoms with Gasteiger partial charge in [0, 0.05) is 10.8 Å². The third-order valence-corrected chi connectivity index (χ3v) is 12.5. The molecule has 0 unspecified atom stereocenters. The highest BCUT2D eigenvalue weighted by Crippen LogP contribution is 2.43. The van der Waals surface area contributed by atoms with Crippen molar-refractivity contribution in [2.45, 2.75) is 66.1 Å². The van der Waals surface area contributed by atoms with E-state index in [9.17, 15) is 0 Å². The Morgan fingerprint density at radius 2 is 1.25 bits per heavy atom. The molecular formula is C47H46N2OSi. The lowest BCUT2D eigenvalue weighted by Gasteiger charge is -2.25. The van der Waals surface area contributed by atoms with E-state index < -0.39 is 8.07 Å². The van der Waals surface area contributed by atoms with Gasteiger partial charge in [-0.2, -0.15) is 0 Å². The average Bonchev–Trinajstić information content (AvgIpc) is 3.70. The number of nitrogens with zero attached hydrogens (tertiary/aromatic N) is 2. The van der Waals surface area contributed by atoms with Gasteiger partial charge in [0.1, 0.15) is 17.0 Å². The van der Waals surface area contributed by atoms with E-state index in [4.69, 9.17) is 9.40 Å². The zero-order valence-corrected chi connectivity index (χ0v) is 32.0. The Morgan fingerprint density at radius 1 is 0.608 bits per heavy atom. The normalized spacial score (nSPS) is 12.3. The molecule has 0 aliphatic rings. The Bertz CT molecular complexity index is 2530. The maximum absolute atomic E-state index is 6.83.